The number of nitrogens with one attached hydrogen (secondary N) is 1. The van der Waals surface area contributed by atoms with Crippen molar-refractivity contribution in [2.75, 3.05) is 6.54 Å². The monoisotopic (exact) mass is 161 g/mol. The molecule has 0 spiro atoms. The quantitative estimate of drug-likeness (QED) is 0.666. The Bertz CT molecular complexity index is 267. The van der Waals surface area contributed by atoms with Gasteiger partial charge in [0.2, 0.25) is 0 Å². The first kappa shape index (κ1) is 7.81. The normalized spacial score (nSPS) is 22.0. The number of benzene rings is 1. The summed E-state index contributed by atoms with van der Waals surface area (Å²) in [6.45, 7) is 5.50. The molecule has 1 nitrogen and oxygen atoms in total. The van der Waals surface area contributed by atoms with E-state index in [2.05, 4.69) is 37.4 Å². The molecule has 1 saturated heterocycles. The lowest BCUT2D eigenvalue weighted by atomic mass is 9.95. The molecule has 12 heavy (non-hydrogen) atoms. The van der Waals surface area contributed by atoms with Gasteiger partial charge in [-0.05, 0) is 32.4 Å². The molecule has 64 valence electrons. The fraction of sp³-hybridized carbons (Fsp3) is 0.455. The van der Waals surface area contributed by atoms with Crippen LogP contribution in [0.3, 0.4) is 0 Å². The maximum Gasteiger partial charge on any atom is 0.0332 e. The third-order valence-electron chi connectivity index (χ3n) is 2.47. The van der Waals surface area contributed by atoms with Crippen LogP contribution in [0.1, 0.15) is 29.2 Å². The second-order valence-corrected chi connectivity index (χ2v) is 3.72. The van der Waals surface area contributed by atoms with Crippen LogP contribution in [-0.4, -0.2) is 6.54 Å². The molecule has 0 saturated carbocycles. The standard InChI is InChI=1S/C11H15N/c1-8-5-9(2)7-10(6-8)11-3-4-12-11/h5-7,11-12H,3-4H2,1-2H3/t11-/m1/s1. The highest BCUT2D eigenvalue weighted by atomic mass is 15.0. The topological polar surface area (TPSA) is 12.0 Å². The van der Waals surface area contributed by atoms with Gasteiger partial charge in [0.1, 0.15) is 0 Å². The second-order valence-electron chi connectivity index (χ2n) is 3.72. The summed E-state index contributed by atoms with van der Waals surface area (Å²) < 4.78 is 0. The Kier molecular flexibility index (Phi) is 1.89. The minimum Gasteiger partial charge on any atom is -0.310 e. The molecule has 0 aromatic heterocycles. The van der Waals surface area contributed by atoms with Gasteiger partial charge < -0.3 is 5.32 Å². The summed E-state index contributed by atoms with van der Waals surface area (Å²) in [5, 5.41) is 3.42. The van der Waals surface area contributed by atoms with E-state index in [9.17, 15) is 0 Å². The molecule has 1 aliphatic heterocycles. The van der Waals surface area contributed by atoms with E-state index in [4.69, 9.17) is 0 Å². The van der Waals surface area contributed by atoms with Crippen LogP contribution in [-0.2, 0) is 0 Å². The number of aryl methyl sites for hydroxylation is 2. The molecule has 0 bridgehead atoms. The fourth-order valence-corrected chi connectivity index (χ4v) is 1.78. The molecule has 1 heterocycles. The summed E-state index contributed by atoms with van der Waals surface area (Å²) in [5.74, 6) is 0. The van der Waals surface area contributed by atoms with E-state index < -0.39 is 0 Å². The van der Waals surface area contributed by atoms with E-state index >= 15 is 0 Å². The minimum absolute atomic E-state index is 0.628. The van der Waals surface area contributed by atoms with Crippen molar-refractivity contribution in [1.82, 2.24) is 5.32 Å². The largest absolute Gasteiger partial charge is 0.310 e. The predicted molar refractivity (Wildman–Crippen MR) is 51.3 cm³/mol. The van der Waals surface area contributed by atoms with Gasteiger partial charge in [0.05, 0.1) is 0 Å². The van der Waals surface area contributed by atoms with Crippen molar-refractivity contribution in [3.05, 3.63) is 34.9 Å². The Morgan fingerprint density at radius 1 is 1.17 bits per heavy atom. The second kappa shape index (κ2) is 2.91. The highest BCUT2D eigenvalue weighted by Crippen LogP contribution is 2.24. The highest BCUT2D eigenvalue weighted by molar-refractivity contribution is 5.31. The molecule has 1 aromatic carbocycles. The number of hydrogen-bond donors (Lipinski definition) is 1. The molecular weight excluding hydrogens is 146 g/mol. The van der Waals surface area contributed by atoms with Crippen LogP contribution in [0.2, 0.25) is 0 Å². The lowest BCUT2D eigenvalue weighted by Crippen LogP contribution is -2.34. The maximum absolute atomic E-state index is 3.42. The van der Waals surface area contributed by atoms with E-state index in [-0.39, 0.29) is 0 Å². The van der Waals surface area contributed by atoms with Gasteiger partial charge >= 0.3 is 0 Å². The van der Waals surface area contributed by atoms with Crippen molar-refractivity contribution >= 4 is 0 Å². The average molecular weight is 161 g/mol. The van der Waals surface area contributed by atoms with Crippen LogP contribution in [0.5, 0.6) is 0 Å². The minimum atomic E-state index is 0.628. The van der Waals surface area contributed by atoms with Gasteiger partial charge in [-0.3, -0.25) is 0 Å². The summed E-state index contributed by atoms with van der Waals surface area (Å²) in [6, 6.07) is 7.42. The van der Waals surface area contributed by atoms with Crippen LogP contribution in [0.4, 0.5) is 0 Å². The summed E-state index contributed by atoms with van der Waals surface area (Å²) in [4.78, 5) is 0. The van der Waals surface area contributed by atoms with E-state index in [0.717, 1.165) is 0 Å². The Hall–Kier alpha value is -0.820. The maximum atomic E-state index is 3.42. The van der Waals surface area contributed by atoms with Gasteiger partial charge in [-0.2, -0.15) is 0 Å². The zero-order valence-electron chi connectivity index (χ0n) is 7.72. The summed E-state index contributed by atoms with van der Waals surface area (Å²) in [6.07, 6.45) is 1.29. The first-order valence-electron chi connectivity index (χ1n) is 4.57. The van der Waals surface area contributed by atoms with Gasteiger partial charge in [-0.25, -0.2) is 0 Å². The SMILES string of the molecule is Cc1cc(C)cc([C@H]2CCN2)c1. The first-order valence-corrected chi connectivity index (χ1v) is 4.57. The van der Waals surface area contributed by atoms with E-state index in [1.165, 1.54) is 29.7 Å². The smallest absolute Gasteiger partial charge is 0.0332 e. The molecule has 0 unspecified atom stereocenters. The first-order chi connectivity index (χ1) is 5.75. The van der Waals surface area contributed by atoms with Crippen molar-refractivity contribution in [2.45, 2.75) is 26.3 Å². The zero-order chi connectivity index (χ0) is 8.55. The molecule has 1 atom stereocenters. The highest BCUT2D eigenvalue weighted by Gasteiger charge is 2.18. The van der Waals surface area contributed by atoms with E-state index in [1.807, 2.05) is 0 Å². The summed E-state index contributed by atoms with van der Waals surface area (Å²) in [7, 11) is 0. The molecule has 2 rings (SSSR count). The van der Waals surface area contributed by atoms with Crippen LogP contribution in [0.15, 0.2) is 18.2 Å². The summed E-state index contributed by atoms with van der Waals surface area (Å²) >= 11 is 0. The molecule has 0 radical (unpaired) electrons. The Balaban J connectivity index is 2.30. The molecule has 1 N–H and O–H groups in total. The van der Waals surface area contributed by atoms with Crippen molar-refractivity contribution in [1.29, 1.82) is 0 Å². The third-order valence-corrected chi connectivity index (χ3v) is 2.47. The van der Waals surface area contributed by atoms with E-state index in [1.54, 1.807) is 0 Å². The lowest BCUT2D eigenvalue weighted by Gasteiger charge is -2.28. The van der Waals surface area contributed by atoms with Gasteiger partial charge in [0.15, 0.2) is 0 Å². The third kappa shape index (κ3) is 1.37. The van der Waals surface area contributed by atoms with Gasteiger partial charge in [-0.1, -0.05) is 29.3 Å². The average Bonchev–Trinajstić information content (AvgIpc) is 1.79. The number of rotatable bonds is 1. The van der Waals surface area contributed by atoms with Crippen molar-refractivity contribution in [3.63, 3.8) is 0 Å². The van der Waals surface area contributed by atoms with E-state index in [0.29, 0.717) is 6.04 Å². The van der Waals surface area contributed by atoms with Gasteiger partial charge in [-0.15, -0.1) is 0 Å². The Labute approximate surface area is 73.8 Å². The number of hydrogen-bond acceptors (Lipinski definition) is 1. The van der Waals surface area contributed by atoms with Crippen LogP contribution in [0, 0.1) is 13.8 Å². The predicted octanol–water partition coefficient (Wildman–Crippen LogP) is 2.34. The Morgan fingerprint density at radius 2 is 1.75 bits per heavy atom. The van der Waals surface area contributed by atoms with Crippen LogP contribution in [0.25, 0.3) is 0 Å². The summed E-state index contributed by atoms with van der Waals surface area (Å²) in [5.41, 5.74) is 4.20. The fourth-order valence-electron chi connectivity index (χ4n) is 1.78. The molecule has 1 aliphatic rings. The van der Waals surface area contributed by atoms with Crippen molar-refractivity contribution in [3.8, 4) is 0 Å². The zero-order valence-corrected chi connectivity index (χ0v) is 7.72. The molecule has 1 fully saturated rings. The van der Waals surface area contributed by atoms with Gasteiger partial charge in [0.25, 0.3) is 0 Å². The van der Waals surface area contributed by atoms with Crippen molar-refractivity contribution in [2.24, 2.45) is 0 Å². The lowest BCUT2D eigenvalue weighted by molar-refractivity contribution is 0.383. The van der Waals surface area contributed by atoms with Crippen LogP contribution >= 0.6 is 0 Å². The van der Waals surface area contributed by atoms with Gasteiger partial charge in [0, 0.05) is 6.04 Å². The molecule has 0 aliphatic carbocycles. The molecule has 1 heteroatoms. The molecule has 1 aromatic rings. The van der Waals surface area contributed by atoms with Crippen LogP contribution < -0.4 is 5.32 Å². The van der Waals surface area contributed by atoms with Crippen molar-refractivity contribution < 1.29 is 0 Å². The Morgan fingerprint density at radius 3 is 2.17 bits per heavy atom. The molecular formula is C11H15N. The molecule has 0 amide bonds.